The quantitative estimate of drug-likeness (QED) is 0.273. The number of amides is 2. The molecule has 0 aromatic heterocycles. The lowest BCUT2D eigenvalue weighted by molar-refractivity contribution is -0.137. The molecule has 1 atom stereocenters. The van der Waals surface area contributed by atoms with E-state index in [0.717, 1.165) is 63.5 Å². The van der Waals surface area contributed by atoms with Gasteiger partial charge in [-0.1, -0.05) is 28.1 Å². The van der Waals surface area contributed by atoms with Crippen molar-refractivity contribution in [2.24, 2.45) is 0 Å². The summed E-state index contributed by atoms with van der Waals surface area (Å²) in [5.74, 6) is -3.39. The number of likely N-dealkylation sites (tertiary alicyclic amines) is 1. The fraction of sp³-hybridized carbons (Fsp3) is 0.438. The highest BCUT2D eigenvalue weighted by atomic mass is 79.9. The molecule has 4 rings (SSSR count). The van der Waals surface area contributed by atoms with E-state index in [9.17, 15) is 36.7 Å². The first kappa shape index (κ1) is 37.6. The van der Waals surface area contributed by atoms with E-state index in [2.05, 4.69) is 25.7 Å². The van der Waals surface area contributed by atoms with Crippen molar-refractivity contribution in [1.29, 1.82) is 0 Å². The topological polar surface area (TPSA) is 122 Å². The molecule has 0 radical (unpaired) electrons. The number of likely N-dealkylation sites (N-methyl/N-ethyl adjacent to an activating group) is 1. The van der Waals surface area contributed by atoms with Gasteiger partial charge >= 0.3 is 18.1 Å². The number of piperazine rings is 1. The van der Waals surface area contributed by atoms with Gasteiger partial charge in [0.2, 0.25) is 5.91 Å². The molecule has 0 unspecified atom stereocenters. The van der Waals surface area contributed by atoms with Crippen LogP contribution >= 0.6 is 15.9 Å². The van der Waals surface area contributed by atoms with E-state index >= 15 is 0 Å². The van der Waals surface area contributed by atoms with Crippen LogP contribution in [0.1, 0.15) is 40.7 Å². The molecule has 2 N–H and O–H groups in total. The molecule has 2 aliphatic rings. The molecule has 2 aliphatic heterocycles. The number of carboxylic acid groups (broad SMARTS) is 2. The van der Waals surface area contributed by atoms with Crippen LogP contribution in [-0.4, -0.2) is 119 Å². The Morgan fingerprint density at radius 2 is 1.55 bits per heavy atom. The van der Waals surface area contributed by atoms with Crippen molar-refractivity contribution in [2.45, 2.75) is 31.5 Å². The molecule has 0 saturated carbocycles. The number of alkyl halides is 3. The van der Waals surface area contributed by atoms with Crippen LogP contribution in [0.2, 0.25) is 0 Å². The number of carbonyl (C=O) groups is 4. The van der Waals surface area contributed by atoms with Crippen LogP contribution < -0.4 is 0 Å². The average molecular weight is 730 g/mol. The van der Waals surface area contributed by atoms with Crippen LogP contribution in [0.25, 0.3) is 0 Å². The van der Waals surface area contributed by atoms with Gasteiger partial charge in [-0.3, -0.25) is 14.5 Å². The van der Waals surface area contributed by atoms with Crippen LogP contribution in [-0.2, 0) is 20.6 Å². The maximum absolute atomic E-state index is 13.6. The molecule has 2 fully saturated rings. The molecule has 10 nitrogen and oxygen atoms in total. The van der Waals surface area contributed by atoms with Crippen LogP contribution in [0.3, 0.4) is 0 Å². The Morgan fingerprint density at radius 1 is 0.979 bits per heavy atom. The zero-order chi connectivity index (χ0) is 34.9. The van der Waals surface area contributed by atoms with Gasteiger partial charge in [-0.15, -0.1) is 0 Å². The smallest absolute Gasteiger partial charge is 0.416 e. The van der Waals surface area contributed by atoms with Gasteiger partial charge in [0, 0.05) is 93.9 Å². The first-order valence-corrected chi connectivity index (χ1v) is 15.6. The zero-order valence-corrected chi connectivity index (χ0v) is 27.5. The number of hydrogen-bond acceptors (Lipinski definition) is 6. The number of carboxylic acids is 2. The Labute approximate surface area is 278 Å². The lowest BCUT2D eigenvalue weighted by Crippen LogP contribution is -2.63. The van der Waals surface area contributed by atoms with Crippen molar-refractivity contribution in [3.05, 3.63) is 81.6 Å². The molecule has 0 bridgehead atoms. The van der Waals surface area contributed by atoms with Crippen molar-refractivity contribution in [2.75, 3.05) is 59.4 Å². The SMILES string of the molecule is CC(=O)N1CCN(C2CN(CC[C@H](CN(C)C(=O)c3cc(Br)cc(C(F)(F)F)c3)c3ccc(F)cc3)C2)CC1.O=C(O)/C=C\C(=O)O. The Balaban J connectivity index is 0.000000665. The summed E-state index contributed by atoms with van der Waals surface area (Å²) in [6.07, 6.45) is -2.74. The third kappa shape index (κ3) is 11.7. The van der Waals surface area contributed by atoms with E-state index in [1.54, 1.807) is 26.1 Å². The third-order valence-electron chi connectivity index (χ3n) is 8.03. The number of nitrogens with zero attached hydrogens (tertiary/aromatic N) is 4. The molecule has 256 valence electrons. The van der Waals surface area contributed by atoms with E-state index in [-0.39, 0.29) is 34.2 Å². The van der Waals surface area contributed by atoms with Crippen molar-refractivity contribution in [3.63, 3.8) is 0 Å². The fourth-order valence-electron chi connectivity index (χ4n) is 5.45. The van der Waals surface area contributed by atoms with Crippen LogP contribution in [0.4, 0.5) is 17.6 Å². The largest absolute Gasteiger partial charge is 0.478 e. The highest BCUT2D eigenvalue weighted by Crippen LogP contribution is 2.33. The summed E-state index contributed by atoms with van der Waals surface area (Å²) in [5.41, 5.74) is -0.0648. The number of rotatable bonds is 10. The molecule has 2 amide bonds. The molecule has 15 heteroatoms. The molecular formula is C32H37BrF4N4O6. The van der Waals surface area contributed by atoms with Crippen LogP contribution in [0.5, 0.6) is 0 Å². The molecule has 47 heavy (non-hydrogen) atoms. The number of benzene rings is 2. The van der Waals surface area contributed by atoms with Gasteiger partial charge in [-0.2, -0.15) is 13.2 Å². The Morgan fingerprint density at radius 3 is 2.06 bits per heavy atom. The standard InChI is InChI=1S/C28H33BrF4N4O2.C4H4O4/c1-19(38)36-9-11-37(12-10-36)26-17-35(18-26)8-7-21(20-3-5-25(30)6-4-20)16-34(2)27(39)22-13-23(28(31,32)33)15-24(29)14-22;5-3(6)1-2-4(7)8/h3-6,13-15,21,26H,7-12,16-18H2,1-2H3;1-2H,(H,5,6)(H,7,8)/b;2-1-/t21-;/m1./s1. The number of halogens is 5. The van der Waals surface area contributed by atoms with Gasteiger partial charge in [0.05, 0.1) is 5.56 Å². The van der Waals surface area contributed by atoms with E-state index in [1.165, 1.54) is 23.1 Å². The third-order valence-corrected chi connectivity index (χ3v) is 8.49. The van der Waals surface area contributed by atoms with Crippen molar-refractivity contribution < 1.29 is 47.0 Å². The van der Waals surface area contributed by atoms with E-state index in [1.807, 2.05) is 4.90 Å². The maximum atomic E-state index is 13.6. The summed E-state index contributed by atoms with van der Waals surface area (Å²) in [6, 6.07) is 9.82. The van der Waals surface area contributed by atoms with Crippen molar-refractivity contribution in [3.8, 4) is 0 Å². The first-order chi connectivity index (χ1) is 22.0. The van der Waals surface area contributed by atoms with Gasteiger partial charge < -0.3 is 24.9 Å². The molecular weight excluding hydrogens is 692 g/mol. The second-order valence-corrected chi connectivity index (χ2v) is 12.3. The summed E-state index contributed by atoms with van der Waals surface area (Å²) >= 11 is 3.08. The molecule has 0 aliphatic carbocycles. The summed E-state index contributed by atoms with van der Waals surface area (Å²) in [7, 11) is 1.58. The second-order valence-electron chi connectivity index (χ2n) is 11.4. The Bertz CT molecular complexity index is 1430. The van der Waals surface area contributed by atoms with E-state index in [0.29, 0.717) is 24.6 Å². The predicted molar refractivity (Wildman–Crippen MR) is 168 cm³/mol. The summed E-state index contributed by atoms with van der Waals surface area (Å²) in [6.45, 7) is 7.74. The van der Waals surface area contributed by atoms with Gasteiger partial charge in [0.25, 0.3) is 5.91 Å². The van der Waals surface area contributed by atoms with Crippen molar-refractivity contribution >= 4 is 39.7 Å². The minimum atomic E-state index is -4.57. The predicted octanol–water partition coefficient (Wildman–Crippen LogP) is 4.41. The number of hydrogen-bond donors (Lipinski definition) is 2. The first-order valence-electron chi connectivity index (χ1n) is 14.8. The van der Waals surface area contributed by atoms with Gasteiger partial charge in [-0.25, -0.2) is 14.0 Å². The number of carbonyl (C=O) groups excluding carboxylic acids is 2. The average Bonchev–Trinajstić information content (AvgIpc) is 2.98. The molecule has 0 spiro atoms. The van der Waals surface area contributed by atoms with Crippen molar-refractivity contribution in [1.82, 2.24) is 19.6 Å². The van der Waals surface area contributed by atoms with Gasteiger partial charge in [0.15, 0.2) is 0 Å². The lowest BCUT2D eigenvalue weighted by atomic mass is 9.93. The molecule has 2 aromatic rings. The normalized spacial score (nSPS) is 16.6. The van der Waals surface area contributed by atoms with E-state index < -0.39 is 29.6 Å². The summed E-state index contributed by atoms with van der Waals surface area (Å²) in [4.78, 5) is 51.9. The Kier molecular flexibility index (Phi) is 13.5. The highest BCUT2D eigenvalue weighted by Gasteiger charge is 2.35. The molecule has 2 saturated heterocycles. The maximum Gasteiger partial charge on any atom is 0.416 e. The lowest BCUT2D eigenvalue weighted by Gasteiger charge is -2.48. The van der Waals surface area contributed by atoms with E-state index in [4.69, 9.17) is 10.2 Å². The monoisotopic (exact) mass is 728 g/mol. The zero-order valence-electron chi connectivity index (χ0n) is 25.9. The summed E-state index contributed by atoms with van der Waals surface area (Å²) < 4.78 is 53.6. The molecule has 2 heterocycles. The molecule has 2 aromatic carbocycles. The van der Waals surface area contributed by atoms with Crippen LogP contribution in [0, 0.1) is 5.82 Å². The minimum Gasteiger partial charge on any atom is -0.478 e. The highest BCUT2D eigenvalue weighted by molar-refractivity contribution is 9.10. The number of aliphatic carboxylic acids is 2. The summed E-state index contributed by atoms with van der Waals surface area (Å²) in [5, 5.41) is 15.6. The minimum absolute atomic E-state index is 0.0486. The second kappa shape index (κ2) is 16.8. The van der Waals surface area contributed by atoms with Crippen LogP contribution in [0.15, 0.2) is 59.1 Å². The fourth-order valence-corrected chi connectivity index (χ4v) is 5.94. The van der Waals surface area contributed by atoms with Gasteiger partial charge in [0.1, 0.15) is 5.82 Å². The van der Waals surface area contributed by atoms with Gasteiger partial charge in [-0.05, 0) is 48.9 Å². The Hall–Kier alpha value is -3.82.